The van der Waals surface area contributed by atoms with Crippen molar-refractivity contribution in [2.45, 2.75) is 73.6 Å². The molecule has 2 aromatic rings. The number of benzene rings is 1. The molecule has 1 aromatic heterocycles. The minimum absolute atomic E-state index is 0.0605. The first-order chi connectivity index (χ1) is 15.9. The molecule has 7 nitrogen and oxygen atoms in total. The number of aryl methyl sites for hydroxylation is 1. The Morgan fingerprint density at radius 1 is 0.882 bits per heavy atom. The van der Waals surface area contributed by atoms with Crippen LogP contribution in [0.25, 0.3) is 0 Å². The minimum Gasteiger partial charge on any atom is -0.507 e. The quantitative estimate of drug-likeness (QED) is 0.287. The fraction of sp³-hybridized carbons (Fsp3) is 0.407. The lowest BCUT2D eigenvalue weighted by atomic mass is 9.92. The second kappa shape index (κ2) is 11.1. The SMILES string of the molecule is CCc1oc(=O)c(Cc2c(O)c(CC=C(C)CCC=C(C)C)c(O)c(C(C)=O)c2O)c(O)c1C. The highest BCUT2D eigenvalue weighted by molar-refractivity contribution is 6.01. The zero-order valence-corrected chi connectivity index (χ0v) is 20.7. The summed E-state index contributed by atoms with van der Waals surface area (Å²) in [5.74, 6) is -2.13. The first-order valence-electron chi connectivity index (χ1n) is 11.3. The number of allylic oxidation sites excluding steroid dienone is 4. The van der Waals surface area contributed by atoms with Gasteiger partial charge in [-0.25, -0.2) is 4.79 Å². The Morgan fingerprint density at radius 3 is 2.06 bits per heavy atom. The van der Waals surface area contributed by atoms with E-state index in [1.54, 1.807) is 13.8 Å². The van der Waals surface area contributed by atoms with Crippen LogP contribution in [0, 0.1) is 6.92 Å². The summed E-state index contributed by atoms with van der Waals surface area (Å²) in [6, 6.07) is 0. The molecule has 184 valence electrons. The summed E-state index contributed by atoms with van der Waals surface area (Å²) in [7, 11) is 0. The van der Waals surface area contributed by atoms with Crippen LogP contribution in [0.5, 0.6) is 23.0 Å². The van der Waals surface area contributed by atoms with E-state index in [1.807, 2.05) is 26.8 Å². The van der Waals surface area contributed by atoms with Crippen LogP contribution >= 0.6 is 0 Å². The van der Waals surface area contributed by atoms with E-state index in [1.165, 1.54) is 12.5 Å². The molecule has 0 spiro atoms. The van der Waals surface area contributed by atoms with Gasteiger partial charge in [0.2, 0.25) is 0 Å². The van der Waals surface area contributed by atoms with Crippen LogP contribution in [0.15, 0.2) is 32.5 Å². The molecule has 7 heteroatoms. The fourth-order valence-electron chi connectivity index (χ4n) is 3.86. The normalized spacial score (nSPS) is 11.5. The highest BCUT2D eigenvalue weighted by Crippen LogP contribution is 2.44. The molecule has 0 amide bonds. The summed E-state index contributed by atoms with van der Waals surface area (Å²) in [4.78, 5) is 24.7. The van der Waals surface area contributed by atoms with E-state index in [-0.39, 0.29) is 40.8 Å². The third kappa shape index (κ3) is 5.71. The lowest BCUT2D eigenvalue weighted by Gasteiger charge is -2.17. The number of carbonyl (C=O) groups excluding carboxylic acids is 1. The number of rotatable bonds is 9. The van der Waals surface area contributed by atoms with Crippen LogP contribution in [0.4, 0.5) is 0 Å². The maximum atomic E-state index is 12.5. The third-order valence-electron chi connectivity index (χ3n) is 5.91. The number of phenols is 3. The number of Topliss-reactive ketones (excluding diaryl/α,β-unsaturated/α-hetero) is 1. The molecule has 0 aliphatic carbocycles. The average Bonchev–Trinajstić information content (AvgIpc) is 2.75. The monoisotopic (exact) mass is 470 g/mol. The van der Waals surface area contributed by atoms with E-state index in [0.29, 0.717) is 17.7 Å². The second-order valence-electron chi connectivity index (χ2n) is 8.80. The van der Waals surface area contributed by atoms with Gasteiger partial charge in [0, 0.05) is 29.5 Å². The van der Waals surface area contributed by atoms with E-state index >= 15 is 0 Å². The van der Waals surface area contributed by atoms with Gasteiger partial charge in [-0.05, 0) is 53.9 Å². The molecule has 0 saturated carbocycles. The maximum absolute atomic E-state index is 12.5. The van der Waals surface area contributed by atoms with Gasteiger partial charge in [0.25, 0.3) is 0 Å². The van der Waals surface area contributed by atoms with Crippen LogP contribution in [0.2, 0.25) is 0 Å². The Hall–Kier alpha value is -3.48. The molecule has 0 saturated heterocycles. The molecule has 0 bridgehead atoms. The third-order valence-corrected chi connectivity index (χ3v) is 5.91. The Balaban J connectivity index is 2.60. The van der Waals surface area contributed by atoms with E-state index < -0.39 is 28.7 Å². The van der Waals surface area contributed by atoms with Gasteiger partial charge in [-0.1, -0.05) is 30.2 Å². The second-order valence-corrected chi connectivity index (χ2v) is 8.80. The summed E-state index contributed by atoms with van der Waals surface area (Å²) in [6.07, 6.45) is 5.73. The predicted octanol–water partition coefficient (Wildman–Crippen LogP) is 5.36. The molecule has 34 heavy (non-hydrogen) atoms. The molecule has 2 rings (SSSR count). The van der Waals surface area contributed by atoms with E-state index in [9.17, 15) is 30.0 Å². The largest absolute Gasteiger partial charge is 0.507 e. The zero-order valence-electron chi connectivity index (χ0n) is 20.7. The summed E-state index contributed by atoms with van der Waals surface area (Å²) in [6.45, 7) is 10.5. The lowest BCUT2D eigenvalue weighted by molar-refractivity contribution is 0.101. The van der Waals surface area contributed by atoms with Crippen LogP contribution in [-0.2, 0) is 19.3 Å². The molecule has 0 radical (unpaired) electrons. The molecule has 0 fully saturated rings. The van der Waals surface area contributed by atoms with E-state index in [0.717, 1.165) is 18.4 Å². The molecular weight excluding hydrogens is 436 g/mol. The Labute approximate surface area is 199 Å². The summed E-state index contributed by atoms with van der Waals surface area (Å²) in [5.41, 5.74) is 1.26. The van der Waals surface area contributed by atoms with E-state index in [2.05, 4.69) is 6.08 Å². The Kier molecular flexibility index (Phi) is 8.74. The highest BCUT2D eigenvalue weighted by atomic mass is 16.4. The van der Waals surface area contributed by atoms with Crippen molar-refractivity contribution in [2.24, 2.45) is 0 Å². The fourth-order valence-corrected chi connectivity index (χ4v) is 3.86. The van der Waals surface area contributed by atoms with Crippen LogP contribution in [0.1, 0.15) is 85.8 Å². The minimum atomic E-state index is -0.798. The number of carbonyl (C=O) groups is 1. The molecule has 4 N–H and O–H groups in total. The van der Waals surface area contributed by atoms with Gasteiger partial charge in [0.15, 0.2) is 5.78 Å². The number of hydrogen-bond donors (Lipinski definition) is 4. The molecule has 1 heterocycles. The number of phenolic OH excluding ortho intramolecular Hbond substituents is 3. The van der Waals surface area contributed by atoms with Crippen molar-refractivity contribution in [3.05, 3.63) is 67.3 Å². The van der Waals surface area contributed by atoms with Crippen molar-refractivity contribution in [2.75, 3.05) is 0 Å². The molecule has 1 aromatic carbocycles. The molecule has 0 aliphatic rings. The molecule has 0 atom stereocenters. The summed E-state index contributed by atoms with van der Waals surface area (Å²) in [5, 5.41) is 42.9. The highest BCUT2D eigenvalue weighted by Gasteiger charge is 2.27. The van der Waals surface area contributed by atoms with Crippen molar-refractivity contribution in [3.63, 3.8) is 0 Å². The maximum Gasteiger partial charge on any atom is 0.343 e. The number of ketones is 1. The molecule has 0 unspecified atom stereocenters. The standard InChI is InChI=1S/C27H34O7/c1-7-21-16(5)23(29)20(27(33)34-21)13-19-24(30)18(25(31)22(17(6)28)26(19)32)12-11-15(4)10-8-9-14(2)3/h9,11,29-32H,7-8,10,12-13H2,1-6H3. The van der Waals surface area contributed by atoms with Gasteiger partial charge in [0.05, 0.1) is 5.56 Å². The van der Waals surface area contributed by atoms with Crippen molar-refractivity contribution >= 4 is 5.78 Å². The topological polar surface area (TPSA) is 128 Å². The van der Waals surface area contributed by atoms with Gasteiger partial charge in [-0.3, -0.25) is 4.79 Å². The molecular formula is C27H34O7. The zero-order chi connectivity index (χ0) is 25.7. The van der Waals surface area contributed by atoms with Gasteiger partial charge in [0.1, 0.15) is 34.3 Å². The van der Waals surface area contributed by atoms with Gasteiger partial charge < -0.3 is 24.8 Å². The van der Waals surface area contributed by atoms with Crippen LogP contribution in [-0.4, -0.2) is 26.2 Å². The Morgan fingerprint density at radius 2 is 1.50 bits per heavy atom. The van der Waals surface area contributed by atoms with Gasteiger partial charge in [-0.2, -0.15) is 0 Å². The average molecular weight is 471 g/mol. The van der Waals surface area contributed by atoms with Crippen molar-refractivity contribution in [1.29, 1.82) is 0 Å². The van der Waals surface area contributed by atoms with Gasteiger partial charge >= 0.3 is 5.63 Å². The van der Waals surface area contributed by atoms with E-state index in [4.69, 9.17) is 4.42 Å². The number of aromatic hydroxyl groups is 4. The number of hydrogen-bond acceptors (Lipinski definition) is 7. The van der Waals surface area contributed by atoms with Crippen molar-refractivity contribution < 1.29 is 29.6 Å². The predicted molar refractivity (Wildman–Crippen MR) is 131 cm³/mol. The van der Waals surface area contributed by atoms with Crippen molar-refractivity contribution in [1.82, 2.24) is 0 Å². The lowest BCUT2D eigenvalue weighted by Crippen LogP contribution is -2.12. The smallest absolute Gasteiger partial charge is 0.343 e. The molecule has 0 aliphatic heterocycles. The van der Waals surface area contributed by atoms with Crippen LogP contribution in [0.3, 0.4) is 0 Å². The van der Waals surface area contributed by atoms with Crippen LogP contribution < -0.4 is 5.63 Å². The van der Waals surface area contributed by atoms with Gasteiger partial charge in [-0.15, -0.1) is 0 Å². The first-order valence-corrected chi connectivity index (χ1v) is 11.3. The summed E-state index contributed by atoms with van der Waals surface area (Å²) < 4.78 is 5.28. The first kappa shape index (κ1) is 26.8. The summed E-state index contributed by atoms with van der Waals surface area (Å²) >= 11 is 0. The Bertz CT molecular complexity index is 1210. The van der Waals surface area contributed by atoms with Crippen molar-refractivity contribution in [3.8, 4) is 23.0 Å².